The third-order valence-corrected chi connectivity index (χ3v) is 3.32. The lowest BCUT2D eigenvalue weighted by molar-refractivity contribution is 0.210. The van der Waals surface area contributed by atoms with Gasteiger partial charge in [-0.3, -0.25) is 4.18 Å². The van der Waals surface area contributed by atoms with Gasteiger partial charge in [0.05, 0.1) is 6.26 Å². The highest BCUT2D eigenvalue weighted by molar-refractivity contribution is 7.85. The number of hydrogen-bond acceptors (Lipinski definition) is 5. The molecule has 0 heterocycles. The van der Waals surface area contributed by atoms with E-state index in [0.717, 1.165) is 11.8 Å². The van der Waals surface area contributed by atoms with Crippen LogP contribution in [-0.4, -0.2) is 27.9 Å². The van der Waals surface area contributed by atoms with Gasteiger partial charge in [-0.25, -0.2) is 0 Å². The molecular weight excluding hydrogens is 304 g/mol. The summed E-state index contributed by atoms with van der Waals surface area (Å²) in [5.41, 5.74) is 1.05. The summed E-state index contributed by atoms with van der Waals surface area (Å²) in [5, 5.41) is 0. The van der Waals surface area contributed by atoms with Gasteiger partial charge in [-0.05, 0) is 17.7 Å². The van der Waals surface area contributed by atoms with Gasteiger partial charge >= 0.3 is 0 Å². The molecule has 5 nitrogen and oxygen atoms in total. The molecule has 0 bridgehead atoms. The zero-order valence-corrected chi connectivity index (χ0v) is 13.1. The number of rotatable bonds is 8. The molecule has 2 aromatic rings. The highest BCUT2D eigenvalue weighted by Crippen LogP contribution is 2.27. The van der Waals surface area contributed by atoms with Gasteiger partial charge < -0.3 is 9.47 Å². The van der Waals surface area contributed by atoms with Crippen LogP contribution in [0.1, 0.15) is 5.56 Å². The minimum absolute atomic E-state index is 0.0359. The Labute approximate surface area is 130 Å². The summed E-state index contributed by atoms with van der Waals surface area (Å²) in [7, 11) is -3.45. The maximum Gasteiger partial charge on any atom is 0.264 e. The number of ether oxygens (including phenoxy) is 2. The lowest BCUT2D eigenvalue weighted by atomic mass is 10.2. The third-order valence-electron chi connectivity index (χ3n) is 2.72. The summed E-state index contributed by atoms with van der Waals surface area (Å²) in [4.78, 5) is 0. The molecule has 0 saturated heterocycles. The van der Waals surface area contributed by atoms with Gasteiger partial charge in [-0.2, -0.15) is 8.42 Å². The summed E-state index contributed by atoms with van der Waals surface area (Å²) in [6.45, 7) is 0.520. The lowest BCUT2D eigenvalue weighted by Crippen LogP contribution is -2.11. The Morgan fingerprint density at radius 2 is 1.41 bits per heavy atom. The Morgan fingerprint density at radius 3 is 2.05 bits per heavy atom. The standard InChI is InChI=1S/C16H18O5S/c1-22(17,18)21-12-11-19-15-9-5-6-10-16(15)20-13-14-7-3-2-4-8-14/h2-10H,11-13H2,1H3. The van der Waals surface area contributed by atoms with E-state index >= 15 is 0 Å². The van der Waals surface area contributed by atoms with E-state index in [4.69, 9.17) is 9.47 Å². The van der Waals surface area contributed by atoms with E-state index in [9.17, 15) is 8.42 Å². The minimum Gasteiger partial charge on any atom is -0.487 e. The van der Waals surface area contributed by atoms with Crippen LogP contribution in [0.4, 0.5) is 0 Å². The molecule has 22 heavy (non-hydrogen) atoms. The van der Waals surface area contributed by atoms with Crippen molar-refractivity contribution in [1.29, 1.82) is 0 Å². The van der Waals surface area contributed by atoms with Crippen molar-refractivity contribution < 1.29 is 22.1 Å². The van der Waals surface area contributed by atoms with E-state index in [1.165, 1.54) is 0 Å². The van der Waals surface area contributed by atoms with Crippen LogP contribution in [0.2, 0.25) is 0 Å². The van der Waals surface area contributed by atoms with Crippen molar-refractivity contribution in [2.24, 2.45) is 0 Å². The van der Waals surface area contributed by atoms with Gasteiger partial charge in [0.25, 0.3) is 10.1 Å². The van der Waals surface area contributed by atoms with Crippen molar-refractivity contribution >= 4 is 10.1 Å². The molecular formula is C16H18O5S. The molecule has 0 radical (unpaired) electrons. The fourth-order valence-corrected chi connectivity index (χ4v) is 2.13. The van der Waals surface area contributed by atoms with Crippen molar-refractivity contribution in [2.45, 2.75) is 6.61 Å². The van der Waals surface area contributed by atoms with Crippen LogP contribution in [-0.2, 0) is 20.9 Å². The Hall–Kier alpha value is -2.05. The van der Waals surface area contributed by atoms with Crippen LogP contribution in [0, 0.1) is 0 Å². The Bertz CT molecular complexity index is 683. The Balaban J connectivity index is 1.89. The van der Waals surface area contributed by atoms with Crippen molar-refractivity contribution in [3.63, 3.8) is 0 Å². The second kappa shape index (κ2) is 7.82. The van der Waals surface area contributed by atoms with Crippen LogP contribution < -0.4 is 9.47 Å². The maximum atomic E-state index is 10.9. The molecule has 0 aliphatic heterocycles. The first-order valence-corrected chi connectivity index (χ1v) is 8.59. The molecule has 0 N–H and O–H groups in total. The van der Waals surface area contributed by atoms with E-state index in [-0.39, 0.29) is 13.2 Å². The van der Waals surface area contributed by atoms with Gasteiger partial charge in [-0.1, -0.05) is 42.5 Å². The first kappa shape index (κ1) is 16.3. The van der Waals surface area contributed by atoms with Crippen molar-refractivity contribution in [1.82, 2.24) is 0 Å². The average molecular weight is 322 g/mol. The predicted octanol–water partition coefficient (Wildman–Crippen LogP) is 2.62. The molecule has 0 fully saturated rings. The van der Waals surface area contributed by atoms with Gasteiger partial charge in [0.15, 0.2) is 11.5 Å². The fraction of sp³-hybridized carbons (Fsp3) is 0.250. The topological polar surface area (TPSA) is 61.8 Å². The summed E-state index contributed by atoms with van der Waals surface area (Å²) >= 11 is 0. The van der Waals surface area contributed by atoms with Crippen molar-refractivity contribution in [3.8, 4) is 11.5 Å². The van der Waals surface area contributed by atoms with Crippen LogP contribution in [0.5, 0.6) is 11.5 Å². The van der Waals surface area contributed by atoms with E-state index in [1.54, 1.807) is 12.1 Å². The van der Waals surface area contributed by atoms with Crippen molar-refractivity contribution in [3.05, 3.63) is 60.2 Å². The first-order valence-electron chi connectivity index (χ1n) is 6.77. The minimum atomic E-state index is -3.45. The lowest BCUT2D eigenvalue weighted by Gasteiger charge is -2.12. The van der Waals surface area contributed by atoms with Crippen molar-refractivity contribution in [2.75, 3.05) is 19.5 Å². The summed E-state index contributed by atoms with van der Waals surface area (Å²) in [6, 6.07) is 17.0. The number of para-hydroxylation sites is 2. The number of benzene rings is 2. The van der Waals surface area contributed by atoms with Crippen LogP contribution in [0.25, 0.3) is 0 Å². The highest BCUT2D eigenvalue weighted by Gasteiger charge is 2.06. The molecule has 0 atom stereocenters. The van der Waals surface area contributed by atoms with Gasteiger partial charge in [0.2, 0.25) is 0 Å². The molecule has 0 spiro atoms. The highest BCUT2D eigenvalue weighted by atomic mass is 32.2. The molecule has 0 unspecified atom stereocenters. The Morgan fingerprint density at radius 1 is 0.818 bits per heavy atom. The quantitative estimate of drug-likeness (QED) is 0.552. The third kappa shape index (κ3) is 5.75. The molecule has 0 aliphatic carbocycles. The van der Waals surface area contributed by atoms with Gasteiger partial charge in [-0.15, -0.1) is 0 Å². The van der Waals surface area contributed by atoms with E-state index in [1.807, 2.05) is 42.5 Å². The second-order valence-electron chi connectivity index (χ2n) is 4.60. The normalized spacial score (nSPS) is 11.1. The van der Waals surface area contributed by atoms with E-state index < -0.39 is 10.1 Å². The molecule has 0 amide bonds. The largest absolute Gasteiger partial charge is 0.487 e. The zero-order chi connectivity index (χ0) is 15.8. The smallest absolute Gasteiger partial charge is 0.264 e. The molecule has 6 heteroatoms. The summed E-state index contributed by atoms with van der Waals surface area (Å²) in [6.07, 6.45) is 1.00. The maximum absolute atomic E-state index is 10.9. The molecule has 2 aromatic carbocycles. The number of hydrogen-bond donors (Lipinski definition) is 0. The SMILES string of the molecule is CS(=O)(=O)OCCOc1ccccc1OCc1ccccc1. The van der Waals surface area contributed by atoms with E-state index in [2.05, 4.69) is 4.18 Å². The molecule has 0 saturated carbocycles. The molecule has 118 valence electrons. The average Bonchev–Trinajstić information content (AvgIpc) is 2.50. The summed E-state index contributed by atoms with van der Waals surface area (Å²) < 4.78 is 37.6. The summed E-state index contributed by atoms with van der Waals surface area (Å²) in [5.74, 6) is 1.15. The van der Waals surface area contributed by atoms with Gasteiger partial charge in [0.1, 0.15) is 19.8 Å². The zero-order valence-electron chi connectivity index (χ0n) is 12.3. The van der Waals surface area contributed by atoms with Gasteiger partial charge in [0, 0.05) is 0 Å². The first-order chi connectivity index (χ1) is 10.5. The van der Waals surface area contributed by atoms with Crippen LogP contribution in [0.15, 0.2) is 54.6 Å². The predicted molar refractivity (Wildman–Crippen MR) is 83.5 cm³/mol. The Kier molecular flexibility index (Phi) is 5.80. The van der Waals surface area contributed by atoms with E-state index in [0.29, 0.717) is 18.1 Å². The monoisotopic (exact) mass is 322 g/mol. The fourth-order valence-electron chi connectivity index (χ4n) is 1.76. The molecule has 0 aliphatic rings. The second-order valence-corrected chi connectivity index (χ2v) is 6.24. The molecule has 2 rings (SSSR count). The van der Waals surface area contributed by atoms with Crippen LogP contribution >= 0.6 is 0 Å². The molecule has 0 aromatic heterocycles. The van der Waals surface area contributed by atoms with Crippen LogP contribution in [0.3, 0.4) is 0 Å².